The predicted molar refractivity (Wildman–Crippen MR) is 87.0 cm³/mol. The zero-order valence-electron chi connectivity index (χ0n) is 13.2. The molecule has 0 spiro atoms. The molecule has 0 radical (unpaired) electrons. The Labute approximate surface area is 136 Å². The van der Waals surface area contributed by atoms with Crippen LogP contribution >= 0.6 is 0 Å². The topological polar surface area (TPSA) is 63.7 Å². The van der Waals surface area contributed by atoms with Crippen molar-refractivity contribution in [2.45, 2.75) is 38.2 Å². The van der Waals surface area contributed by atoms with Gasteiger partial charge >= 0.3 is 5.97 Å². The van der Waals surface area contributed by atoms with Crippen molar-refractivity contribution in [1.82, 2.24) is 0 Å². The van der Waals surface area contributed by atoms with Gasteiger partial charge in [0, 0.05) is 6.54 Å². The summed E-state index contributed by atoms with van der Waals surface area (Å²) in [6.07, 6.45) is 6.57. The smallest absolute Gasteiger partial charge is 0.338 e. The second-order valence-electron chi connectivity index (χ2n) is 7.05. The van der Waals surface area contributed by atoms with Crippen LogP contribution in [0.2, 0.25) is 0 Å². The van der Waals surface area contributed by atoms with E-state index < -0.39 is 10.0 Å². The van der Waals surface area contributed by atoms with Crippen molar-refractivity contribution < 1.29 is 17.9 Å². The summed E-state index contributed by atoms with van der Waals surface area (Å²) in [5.74, 6) is 1.00. The first-order valence-electron chi connectivity index (χ1n) is 8.23. The molecule has 23 heavy (non-hydrogen) atoms. The van der Waals surface area contributed by atoms with Gasteiger partial charge in [0.2, 0.25) is 10.0 Å². The standard InChI is InChI=1S/C17H21NO4S/c1-23(20,21)18-7-6-12-10-14(4-5-15(12)18)17(19)22-16-9-11-2-3-13(16)8-11/h4-5,10-11,13,16H,2-3,6-9H2,1H3/t11-,13-,16+/m0/s1. The second-order valence-corrected chi connectivity index (χ2v) is 8.95. The number of hydrogen-bond acceptors (Lipinski definition) is 4. The number of anilines is 1. The number of hydrogen-bond donors (Lipinski definition) is 0. The minimum absolute atomic E-state index is 0.0713. The van der Waals surface area contributed by atoms with Gasteiger partial charge in [0.05, 0.1) is 17.5 Å². The zero-order valence-corrected chi connectivity index (χ0v) is 14.0. The molecular weight excluding hydrogens is 314 g/mol. The monoisotopic (exact) mass is 335 g/mol. The Kier molecular flexibility index (Phi) is 3.41. The molecule has 2 saturated carbocycles. The molecule has 6 heteroatoms. The van der Waals surface area contributed by atoms with E-state index in [9.17, 15) is 13.2 Å². The van der Waals surface area contributed by atoms with E-state index in [1.54, 1.807) is 18.2 Å². The first kappa shape index (κ1) is 15.0. The Morgan fingerprint density at radius 1 is 1.26 bits per heavy atom. The van der Waals surface area contributed by atoms with Crippen LogP contribution in [0, 0.1) is 11.8 Å². The van der Waals surface area contributed by atoms with E-state index in [-0.39, 0.29) is 12.1 Å². The van der Waals surface area contributed by atoms with Gasteiger partial charge < -0.3 is 4.74 Å². The number of ether oxygens (including phenoxy) is 1. The van der Waals surface area contributed by atoms with E-state index in [1.165, 1.54) is 29.8 Å². The Hall–Kier alpha value is -1.56. The molecule has 2 aliphatic carbocycles. The Bertz CT molecular complexity index is 758. The van der Waals surface area contributed by atoms with E-state index in [0.29, 0.717) is 30.1 Å². The van der Waals surface area contributed by atoms with Crippen LogP contribution in [-0.2, 0) is 21.2 Å². The molecule has 2 fully saturated rings. The number of rotatable bonds is 3. The highest BCUT2D eigenvalue weighted by molar-refractivity contribution is 7.92. The first-order chi connectivity index (χ1) is 10.9. The summed E-state index contributed by atoms with van der Waals surface area (Å²) in [5, 5.41) is 0. The van der Waals surface area contributed by atoms with Crippen LogP contribution in [0.5, 0.6) is 0 Å². The van der Waals surface area contributed by atoms with Crippen molar-refractivity contribution >= 4 is 21.7 Å². The van der Waals surface area contributed by atoms with E-state index in [4.69, 9.17) is 4.74 Å². The Morgan fingerprint density at radius 3 is 2.74 bits per heavy atom. The molecule has 0 aromatic heterocycles. The van der Waals surface area contributed by atoms with Crippen LogP contribution in [0.4, 0.5) is 5.69 Å². The van der Waals surface area contributed by atoms with Gasteiger partial charge in [-0.1, -0.05) is 0 Å². The van der Waals surface area contributed by atoms with Crippen molar-refractivity contribution in [3.8, 4) is 0 Å². The molecule has 1 heterocycles. The summed E-state index contributed by atoms with van der Waals surface area (Å²) in [5.41, 5.74) is 2.11. The molecule has 3 aliphatic rings. The zero-order chi connectivity index (χ0) is 16.2. The molecule has 0 N–H and O–H groups in total. The fraction of sp³-hybridized carbons (Fsp3) is 0.588. The van der Waals surface area contributed by atoms with Gasteiger partial charge in [-0.05, 0) is 67.7 Å². The summed E-state index contributed by atoms with van der Waals surface area (Å²) in [6.45, 7) is 0.443. The van der Waals surface area contributed by atoms with Crippen LogP contribution in [0.3, 0.4) is 0 Å². The van der Waals surface area contributed by atoms with E-state index in [2.05, 4.69) is 0 Å². The second kappa shape index (κ2) is 5.23. The molecule has 1 aromatic rings. The van der Waals surface area contributed by atoms with Crippen LogP contribution < -0.4 is 4.31 Å². The molecule has 1 aliphatic heterocycles. The van der Waals surface area contributed by atoms with Crippen LogP contribution in [0.1, 0.15) is 41.6 Å². The average molecular weight is 335 g/mol. The van der Waals surface area contributed by atoms with E-state index in [0.717, 1.165) is 17.9 Å². The largest absolute Gasteiger partial charge is 0.458 e. The SMILES string of the molecule is CS(=O)(=O)N1CCc2cc(C(=O)O[C@@H]3C[C@H]4CC[C@H]3C4)ccc21. The molecule has 124 valence electrons. The lowest BCUT2D eigenvalue weighted by molar-refractivity contribution is 0.0158. The molecule has 2 bridgehead atoms. The van der Waals surface area contributed by atoms with E-state index in [1.807, 2.05) is 0 Å². The van der Waals surface area contributed by atoms with Crippen molar-refractivity contribution in [2.24, 2.45) is 11.8 Å². The van der Waals surface area contributed by atoms with Crippen molar-refractivity contribution in [1.29, 1.82) is 0 Å². The van der Waals surface area contributed by atoms with Crippen LogP contribution in [-0.4, -0.2) is 33.3 Å². The lowest BCUT2D eigenvalue weighted by atomic mass is 9.97. The Morgan fingerprint density at radius 2 is 2.09 bits per heavy atom. The third-order valence-corrected chi connectivity index (χ3v) is 6.68. The van der Waals surface area contributed by atoms with Gasteiger partial charge in [0.15, 0.2) is 0 Å². The summed E-state index contributed by atoms with van der Waals surface area (Å²) in [7, 11) is -3.26. The highest BCUT2D eigenvalue weighted by Gasteiger charge is 2.41. The van der Waals surface area contributed by atoms with Crippen molar-refractivity contribution in [3.63, 3.8) is 0 Å². The fourth-order valence-corrected chi connectivity index (χ4v) is 5.34. The third-order valence-electron chi connectivity index (χ3n) is 5.50. The maximum Gasteiger partial charge on any atom is 0.338 e. The number of fused-ring (bicyclic) bond motifs is 3. The molecule has 0 saturated heterocycles. The summed E-state index contributed by atoms with van der Waals surface area (Å²) >= 11 is 0. The molecule has 5 nitrogen and oxygen atoms in total. The van der Waals surface area contributed by atoms with Gasteiger partial charge in [0.1, 0.15) is 6.10 Å². The average Bonchev–Trinajstić information content (AvgIpc) is 3.20. The molecule has 1 aromatic carbocycles. The van der Waals surface area contributed by atoms with Crippen molar-refractivity contribution in [3.05, 3.63) is 29.3 Å². The van der Waals surface area contributed by atoms with Gasteiger partial charge in [-0.25, -0.2) is 13.2 Å². The minimum atomic E-state index is -3.26. The number of esters is 1. The van der Waals surface area contributed by atoms with Gasteiger partial charge in [-0.3, -0.25) is 4.31 Å². The quantitative estimate of drug-likeness (QED) is 0.796. The minimum Gasteiger partial charge on any atom is -0.458 e. The lowest BCUT2D eigenvalue weighted by Crippen LogP contribution is -2.27. The Balaban J connectivity index is 1.51. The maximum absolute atomic E-state index is 12.4. The molecular formula is C17H21NO4S. The van der Waals surface area contributed by atoms with Gasteiger partial charge in [0.25, 0.3) is 0 Å². The molecule has 4 rings (SSSR count). The molecule has 0 unspecified atom stereocenters. The maximum atomic E-state index is 12.4. The molecule has 0 amide bonds. The van der Waals surface area contributed by atoms with E-state index >= 15 is 0 Å². The number of carbonyl (C=O) groups is 1. The van der Waals surface area contributed by atoms with Gasteiger partial charge in [-0.2, -0.15) is 0 Å². The fourth-order valence-electron chi connectivity index (χ4n) is 4.38. The highest BCUT2D eigenvalue weighted by Crippen LogP contribution is 2.46. The summed E-state index contributed by atoms with van der Waals surface area (Å²) in [6, 6.07) is 5.19. The first-order valence-corrected chi connectivity index (χ1v) is 10.1. The summed E-state index contributed by atoms with van der Waals surface area (Å²) < 4.78 is 30.6. The predicted octanol–water partition coefficient (Wildman–Crippen LogP) is 2.35. The summed E-state index contributed by atoms with van der Waals surface area (Å²) in [4.78, 5) is 12.4. The van der Waals surface area contributed by atoms with Gasteiger partial charge in [-0.15, -0.1) is 0 Å². The number of nitrogens with zero attached hydrogens (tertiary/aromatic N) is 1. The molecule has 3 atom stereocenters. The van der Waals surface area contributed by atoms with Crippen LogP contribution in [0.15, 0.2) is 18.2 Å². The number of benzene rings is 1. The van der Waals surface area contributed by atoms with Crippen molar-refractivity contribution in [2.75, 3.05) is 17.1 Å². The number of sulfonamides is 1. The third kappa shape index (κ3) is 2.63. The lowest BCUT2D eigenvalue weighted by Gasteiger charge is -2.22. The van der Waals surface area contributed by atoms with Crippen LogP contribution in [0.25, 0.3) is 0 Å². The normalized spacial score (nSPS) is 28.9. The highest BCUT2D eigenvalue weighted by atomic mass is 32.2. The number of carbonyl (C=O) groups excluding carboxylic acids is 1.